The number of fused-ring (bicyclic) bond motifs is 6. The van der Waals surface area contributed by atoms with Crippen LogP contribution in [0.3, 0.4) is 0 Å². The van der Waals surface area contributed by atoms with Crippen molar-refractivity contribution < 1.29 is 9.32 Å². The zero-order chi connectivity index (χ0) is 21.5. The third kappa shape index (κ3) is 3.66. The summed E-state index contributed by atoms with van der Waals surface area (Å²) in [4.78, 5) is 26.7. The molecule has 4 aliphatic rings. The molecule has 1 aliphatic carbocycles. The van der Waals surface area contributed by atoms with Gasteiger partial charge in [-0.3, -0.25) is 14.7 Å². The van der Waals surface area contributed by atoms with Gasteiger partial charge in [0, 0.05) is 49.9 Å². The van der Waals surface area contributed by atoms with Gasteiger partial charge in [0.25, 0.3) is 0 Å². The van der Waals surface area contributed by atoms with Crippen LogP contribution in [0.5, 0.6) is 0 Å². The molecule has 2 bridgehead atoms. The minimum atomic E-state index is 0.225. The first kappa shape index (κ1) is 20.1. The molecular weight excluding hydrogens is 402 g/mol. The molecule has 0 N–H and O–H groups in total. The van der Waals surface area contributed by atoms with Crippen LogP contribution in [0.2, 0.25) is 0 Å². The second-order valence-electron chi connectivity index (χ2n) is 9.84. The van der Waals surface area contributed by atoms with Crippen LogP contribution in [0.25, 0.3) is 11.4 Å². The van der Waals surface area contributed by atoms with Gasteiger partial charge in [-0.25, -0.2) is 0 Å². The quantitative estimate of drug-likeness (QED) is 0.687. The number of hydrogen-bond acceptors (Lipinski definition) is 6. The maximum Gasteiger partial charge on any atom is 0.227 e. The molecule has 0 saturated carbocycles. The summed E-state index contributed by atoms with van der Waals surface area (Å²) in [5.41, 5.74) is 2.41. The van der Waals surface area contributed by atoms with Crippen molar-refractivity contribution in [1.29, 1.82) is 0 Å². The Morgan fingerprint density at radius 2 is 2.06 bits per heavy atom. The van der Waals surface area contributed by atoms with Gasteiger partial charge < -0.3 is 9.42 Å². The number of aryl methyl sites for hydroxylation is 1. The summed E-state index contributed by atoms with van der Waals surface area (Å²) in [5, 5.41) is 4.07. The Labute approximate surface area is 188 Å². The van der Waals surface area contributed by atoms with Gasteiger partial charge in [0.15, 0.2) is 0 Å². The number of carbonyl (C=O) groups excluding carboxylic acids is 1. The van der Waals surface area contributed by atoms with Gasteiger partial charge in [-0.1, -0.05) is 23.2 Å². The summed E-state index contributed by atoms with van der Waals surface area (Å²) in [6, 6.07) is 4.75. The molecule has 3 saturated heterocycles. The second kappa shape index (κ2) is 8.43. The lowest BCUT2D eigenvalue weighted by Crippen LogP contribution is -2.60. The van der Waals surface area contributed by atoms with Crippen molar-refractivity contribution in [3.05, 3.63) is 42.1 Å². The Kier molecular flexibility index (Phi) is 5.29. The highest BCUT2D eigenvalue weighted by Crippen LogP contribution is 2.45. The SMILES string of the molecule is O=C(CCc1nc(-c2ccncc2)no1)N1CCCC2=C[C@H]3C[C@H](CN4CCCC[C@@H]34)[C@@H]21. The molecule has 5 heterocycles. The van der Waals surface area contributed by atoms with Gasteiger partial charge in [0.2, 0.25) is 17.6 Å². The second-order valence-corrected chi connectivity index (χ2v) is 9.84. The summed E-state index contributed by atoms with van der Waals surface area (Å²) in [6.07, 6.45) is 14.4. The first-order valence-corrected chi connectivity index (χ1v) is 12.2. The number of aromatic nitrogens is 3. The lowest BCUT2D eigenvalue weighted by molar-refractivity contribution is -0.136. The van der Waals surface area contributed by atoms with E-state index in [-0.39, 0.29) is 5.91 Å². The van der Waals surface area contributed by atoms with Crippen LogP contribution in [-0.4, -0.2) is 62.5 Å². The molecule has 0 aromatic carbocycles. The number of rotatable bonds is 4. The monoisotopic (exact) mass is 433 g/mol. The van der Waals surface area contributed by atoms with E-state index in [1.807, 2.05) is 12.1 Å². The Morgan fingerprint density at radius 1 is 1.16 bits per heavy atom. The Morgan fingerprint density at radius 3 is 2.97 bits per heavy atom. The highest BCUT2D eigenvalue weighted by Gasteiger charge is 2.46. The minimum absolute atomic E-state index is 0.225. The van der Waals surface area contributed by atoms with E-state index in [0.29, 0.717) is 42.4 Å². The number of carbonyl (C=O) groups is 1. The van der Waals surface area contributed by atoms with Crippen molar-refractivity contribution in [2.75, 3.05) is 19.6 Å². The van der Waals surface area contributed by atoms with E-state index in [1.165, 1.54) is 37.8 Å². The van der Waals surface area contributed by atoms with Crippen molar-refractivity contribution in [1.82, 2.24) is 24.9 Å². The van der Waals surface area contributed by atoms with E-state index in [2.05, 4.69) is 31.0 Å². The maximum atomic E-state index is 13.3. The normalized spacial score (nSPS) is 29.8. The van der Waals surface area contributed by atoms with E-state index in [9.17, 15) is 4.79 Å². The van der Waals surface area contributed by atoms with E-state index in [1.54, 1.807) is 12.4 Å². The molecule has 1 amide bonds. The topological polar surface area (TPSA) is 75.4 Å². The Balaban J connectivity index is 1.15. The molecular formula is C25H31N5O2. The highest BCUT2D eigenvalue weighted by molar-refractivity contribution is 5.77. The van der Waals surface area contributed by atoms with Gasteiger partial charge in [0.1, 0.15) is 0 Å². The van der Waals surface area contributed by atoms with Gasteiger partial charge in [-0.15, -0.1) is 0 Å². The summed E-state index contributed by atoms with van der Waals surface area (Å²) in [7, 11) is 0. The van der Waals surface area contributed by atoms with Gasteiger partial charge in [0.05, 0.1) is 6.04 Å². The van der Waals surface area contributed by atoms with E-state index in [0.717, 1.165) is 37.5 Å². The van der Waals surface area contributed by atoms with Crippen LogP contribution in [-0.2, 0) is 11.2 Å². The highest BCUT2D eigenvalue weighted by atomic mass is 16.5. The number of amides is 1. The van der Waals surface area contributed by atoms with Crippen molar-refractivity contribution in [3.63, 3.8) is 0 Å². The number of nitrogens with zero attached hydrogens (tertiary/aromatic N) is 5. The van der Waals surface area contributed by atoms with Crippen LogP contribution < -0.4 is 0 Å². The average Bonchev–Trinajstić information content (AvgIpc) is 3.32. The molecule has 0 spiro atoms. The number of likely N-dealkylation sites (tertiary alicyclic amines) is 1. The summed E-state index contributed by atoms with van der Waals surface area (Å²) < 4.78 is 5.42. The summed E-state index contributed by atoms with van der Waals surface area (Å²) in [5.74, 6) is 2.58. The van der Waals surface area contributed by atoms with E-state index >= 15 is 0 Å². The lowest BCUT2D eigenvalue weighted by atomic mass is 9.68. The molecule has 2 aromatic rings. The number of hydrogen-bond donors (Lipinski definition) is 0. The molecule has 7 nitrogen and oxygen atoms in total. The van der Waals surface area contributed by atoms with E-state index < -0.39 is 0 Å². The standard InChI is InChI=1S/C25H31N5O2/c31-23(7-6-22-27-25(28-32-22)17-8-10-26-11-9-17)30-13-3-4-18-14-19-15-20(24(18)30)16-29-12-2-1-5-21(19)29/h8-11,14,19-21,24H,1-7,12-13,15-16H2/t19-,20+,21-,24+/m0/s1. The first-order valence-electron chi connectivity index (χ1n) is 12.2. The van der Waals surface area contributed by atoms with Crippen molar-refractivity contribution >= 4 is 5.91 Å². The minimum Gasteiger partial charge on any atom is -0.339 e. The fraction of sp³-hybridized carbons (Fsp3) is 0.600. The number of pyridine rings is 1. The van der Waals surface area contributed by atoms with E-state index in [4.69, 9.17) is 4.52 Å². The van der Waals surface area contributed by atoms with Crippen molar-refractivity contribution in [2.45, 2.75) is 63.5 Å². The largest absolute Gasteiger partial charge is 0.339 e. The van der Waals surface area contributed by atoms with Crippen LogP contribution >= 0.6 is 0 Å². The smallest absolute Gasteiger partial charge is 0.227 e. The maximum absolute atomic E-state index is 13.3. The first-order chi connectivity index (χ1) is 15.8. The molecule has 32 heavy (non-hydrogen) atoms. The van der Waals surface area contributed by atoms with Gasteiger partial charge in [-0.2, -0.15) is 4.98 Å². The molecule has 6 rings (SSSR count). The zero-order valence-corrected chi connectivity index (χ0v) is 18.5. The molecule has 4 atom stereocenters. The number of piperidine rings is 3. The van der Waals surface area contributed by atoms with Crippen LogP contribution in [0.1, 0.15) is 50.8 Å². The summed E-state index contributed by atoms with van der Waals surface area (Å²) in [6.45, 7) is 3.27. The lowest BCUT2D eigenvalue weighted by Gasteiger charge is -2.54. The molecule has 3 aliphatic heterocycles. The summed E-state index contributed by atoms with van der Waals surface area (Å²) >= 11 is 0. The molecule has 3 fully saturated rings. The Hall–Kier alpha value is -2.54. The molecule has 0 radical (unpaired) electrons. The van der Waals surface area contributed by atoms with Crippen LogP contribution in [0.15, 0.2) is 40.7 Å². The van der Waals surface area contributed by atoms with Crippen LogP contribution in [0, 0.1) is 11.8 Å². The molecule has 0 unspecified atom stereocenters. The fourth-order valence-electron chi connectivity index (χ4n) is 6.59. The average molecular weight is 434 g/mol. The molecule has 2 aromatic heterocycles. The van der Waals surface area contributed by atoms with Crippen molar-refractivity contribution in [3.8, 4) is 11.4 Å². The predicted molar refractivity (Wildman–Crippen MR) is 119 cm³/mol. The fourth-order valence-corrected chi connectivity index (χ4v) is 6.59. The third-order valence-corrected chi connectivity index (χ3v) is 7.94. The van der Waals surface area contributed by atoms with Crippen molar-refractivity contribution in [2.24, 2.45) is 11.8 Å². The zero-order valence-electron chi connectivity index (χ0n) is 18.5. The molecule has 7 heteroatoms. The van der Waals surface area contributed by atoms with Gasteiger partial charge >= 0.3 is 0 Å². The predicted octanol–water partition coefficient (Wildman–Crippen LogP) is 3.49. The van der Waals surface area contributed by atoms with Gasteiger partial charge in [-0.05, 0) is 62.6 Å². The molecule has 168 valence electrons. The third-order valence-electron chi connectivity index (χ3n) is 7.94. The van der Waals surface area contributed by atoms with Crippen LogP contribution in [0.4, 0.5) is 0 Å². The Bertz CT molecular complexity index is 1000.